The van der Waals surface area contributed by atoms with E-state index in [1.54, 1.807) is 0 Å². The Morgan fingerprint density at radius 1 is 0.568 bits per heavy atom. The molecule has 2 heterocycles. The molecule has 2 aromatic heterocycles. The normalized spacial score (nSPS) is 13.4. The molecule has 0 aliphatic heterocycles. The van der Waals surface area contributed by atoms with Crippen LogP contribution in [0.25, 0.3) is 72.2 Å². The van der Waals surface area contributed by atoms with E-state index in [-0.39, 0.29) is 5.41 Å². The summed E-state index contributed by atoms with van der Waals surface area (Å²) in [5.74, 6) is 0.725. The van der Waals surface area contributed by atoms with Gasteiger partial charge in [0.15, 0.2) is 5.82 Å². The van der Waals surface area contributed by atoms with Gasteiger partial charge in [0.2, 0.25) is 0 Å². The zero-order valence-electron chi connectivity index (χ0n) is 24.6. The van der Waals surface area contributed by atoms with Crippen molar-refractivity contribution in [3.05, 3.63) is 151 Å². The molecule has 9 rings (SSSR count). The van der Waals surface area contributed by atoms with E-state index >= 15 is 0 Å². The zero-order chi connectivity index (χ0) is 29.4. The quantitative estimate of drug-likeness (QED) is 0.200. The average molecular weight is 564 g/mol. The first-order valence-corrected chi connectivity index (χ1v) is 15.2. The number of fused-ring (bicyclic) bond motifs is 8. The highest BCUT2D eigenvalue weighted by Crippen LogP contribution is 2.53. The molecule has 1 aliphatic rings. The minimum absolute atomic E-state index is 0.0957. The molecule has 6 aromatic carbocycles. The molecule has 3 heteroatoms. The fourth-order valence-corrected chi connectivity index (χ4v) is 7.36. The maximum absolute atomic E-state index is 5.26. The van der Waals surface area contributed by atoms with Gasteiger partial charge in [-0.1, -0.05) is 129 Å². The first-order valence-electron chi connectivity index (χ1n) is 15.2. The number of hydrogen-bond acceptors (Lipinski definition) is 2. The Kier molecular flexibility index (Phi) is 5.24. The van der Waals surface area contributed by atoms with Crippen LogP contribution in [-0.2, 0) is 5.41 Å². The van der Waals surface area contributed by atoms with Crippen molar-refractivity contribution in [3.63, 3.8) is 0 Å². The van der Waals surface area contributed by atoms with Crippen molar-refractivity contribution in [1.29, 1.82) is 0 Å². The van der Waals surface area contributed by atoms with Crippen LogP contribution < -0.4 is 0 Å². The van der Waals surface area contributed by atoms with Crippen molar-refractivity contribution in [1.82, 2.24) is 14.5 Å². The molecule has 8 aromatic rings. The van der Waals surface area contributed by atoms with Gasteiger partial charge in [-0.15, -0.1) is 0 Å². The Morgan fingerprint density at radius 2 is 1.30 bits per heavy atom. The predicted molar refractivity (Wildman–Crippen MR) is 182 cm³/mol. The number of aromatic nitrogens is 3. The van der Waals surface area contributed by atoms with Crippen molar-refractivity contribution in [2.45, 2.75) is 19.3 Å². The molecule has 0 amide bonds. The Hall–Kier alpha value is -5.54. The summed E-state index contributed by atoms with van der Waals surface area (Å²) in [6.07, 6.45) is 0. The zero-order valence-corrected chi connectivity index (χ0v) is 24.6. The summed E-state index contributed by atoms with van der Waals surface area (Å²) in [6.45, 7) is 4.70. The van der Waals surface area contributed by atoms with Gasteiger partial charge in [-0.25, -0.2) is 9.97 Å². The van der Waals surface area contributed by atoms with Crippen molar-refractivity contribution in [2.75, 3.05) is 0 Å². The summed E-state index contributed by atoms with van der Waals surface area (Å²) >= 11 is 0. The summed E-state index contributed by atoms with van der Waals surface area (Å²) in [5.41, 5.74) is 11.6. The summed E-state index contributed by atoms with van der Waals surface area (Å²) in [4.78, 5) is 10.5. The van der Waals surface area contributed by atoms with E-state index in [1.165, 1.54) is 38.7 Å². The Bertz CT molecular complexity index is 2410. The van der Waals surface area contributed by atoms with Gasteiger partial charge < -0.3 is 4.57 Å². The molecule has 0 saturated carbocycles. The Labute approximate surface area is 256 Å². The molecule has 44 heavy (non-hydrogen) atoms. The molecular formula is C41H29N3. The lowest BCUT2D eigenvalue weighted by Crippen LogP contribution is -2.14. The van der Waals surface area contributed by atoms with Gasteiger partial charge in [0.25, 0.3) is 0 Å². The largest absolute Gasteiger partial charge is 0.309 e. The second-order valence-corrected chi connectivity index (χ2v) is 12.2. The van der Waals surface area contributed by atoms with Crippen molar-refractivity contribution >= 4 is 32.6 Å². The van der Waals surface area contributed by atoms with Crippen LogP contribution >= 0.6 is 0 Å². The number of hydrogen-bond donors (Lipinski definition) is 0. The number of para-hydroxylation sites is 1. The van der Waals surface area contributed by atoms with Crippen LogP contribution in [0.15, 0.2) is 140 Å². The first-order chi connectivity index (χ1) is 21.6. The molecule has 208 valence electrons. The van der Waals surface area contributed by atoms with Crippen LogP contribution in [-0.4, -0.2) is 14.5 Å². The Balaban J connectivity index is 1.32. The van der Waals surface area contributed by atoms with E-state index in [0.29, 0.717) is 0 Å². The second-order valence-electron chi connectivity index (χ2n) is 12.2. The van der Waals surface area contributed by atoms with Crippen LogP contribution in [0.1, 0.15) is 25.0 Å². The SMILES string of the molecule is CC1(C)c2ccccc2-c2c1c1ccccc1n2-c1cccc(-c2nc(-c3ccccc3)c3ccc4ccccc4c3n2)c1. The lowest BCUT2D eigenvalue weighted by molar-refractivity contribution is 0.666. The topological polar surface area (TPSA) is 30.7 Å². The second kappa shape index (κ2) is 9.23. The molecule has 0 unspecified atom stereocenters. The molecule has 0 spiro atoms. The average Bonchev–Trinajstić information content (AvgIpc) is 3.55. The van der Waals surface area contributed by atoms with E-state index in [1.807, 2.05) is 6.07 Å². The minimum Gasteiger partial charge on any atom is -0.309 e. The van der Waals surface area contributed by atoms with Crippen LogP contribution in [0.4, 0.5) is 0 Å². The van der Waals surface area contributed by atoms with Crippen molar-refractivity contribution in [2.24, 2.45) is 0 Å². The number of nitrogens with zero attached hydrogens (tertiary/aromatic N) is 3. The lowest BCUT2D eigenvalue weighted by atomic mass is 9.81. The van der Waals surface area contributed by atoms with Gasteiger partial charge in [0.05, 0.1) is 22.4 Å². The van der Waals surface area contributed by atoms with Gasteiger partial charge >= 0.3 is 0 Å². The first kappa shape index (κ1) is 25.0. The van der Waals surface area contributed by atoms with Crippen LogP contribution in [0.2, 0.25) is 0 Å². The summed E-state index contributed by atoms with van der Waals surface area (Å²) in [7, 11) is 0. The monoisotopic (exact) mass is 563 g/mol. The predicted octanol–water partition coefficient (Wildman–Crippen LogP) is 10.4. The van der Waals surface area contributed by atoms with Crippen LogP contribution in [0.5, 0.6) is 0 Å². The highest BCUT2D eigenvalue weighted by molar-refractivity contribution is 6.09. The smallest absolute Gasteiger partial charge is 0.160 e. The minimum atomic E-state index is -0.0957. The van der Waals surface area contributed by atoms with E-state index in [4.69, 9.17) is 9.97 Å². The summed E-state index contributed by atoms with van der Waals surface area (Å²) in [5, 5.41) is 4.67. The number of rotatable bonds is 3. The molecular weight excluding hydrogens is 534 g/mol. The maximum Gasteiger partial charge on any atom is 0.160 e. The highest BCUT2D eigenvalue weighted by atomic mass is 15.0. The maximum atomic E-state index is 5.26. The molecule has 0 fully saturated rings. The standard InChI is InChI=1S/C41H29N3/c1-41(2)34-21-10-8-19-31(34)39-36(41)32-20-9-11-22-35(32)44(39)29-17-12-16-28(25-29)40-42-37(27-14-4-3-5-15-27)33-24-23-26-13-6-7-18-30(26)38(33)43-40/h3-25H,1-2H3. The van der Waals surface area contributed by atoms with Gasteiger partial charge in [0, 0.05) is 44.0 Å². The van der Waals surface area contributed by atoms with E-state index in [0.717, 1.165) is 44.6 Å². The third-order valence-corrected chi connectivity index (χ3v) is 9.36. The summed E-state index contributed by atoms with van der Waals surface area (Å²) < 4.78 is 2.44. The van der Waals surface area contributed by atoms with E-state index in [9.17, 15) is 0 Å². The highest BCUT2D eigenvalue weighted by Gasteiger charge is 2.40. The lowest BCUT2D eigenvalue weighted by Gasteiger charge is -2.21. The van der Waals surface area contributed by atoms with Crippen molar-refractivity contribution in [3.8, 4) is 39.6 Å². The molecule has 0 bridgehead atoms. The van der Waals surface area contributed by atoms with Gasteiger partial charge in [-0.05, 0) is 40.8 Å². The third-order valence-electron chi connectivity index (χ3n) is 9.36. The Morgan fingerprint density at radius 3 is 2.18 bits per heavy atom. The van der Waals surface area contributed by atoms with Gasteiger partial charge in [0.1, 0.15) is 0 Å². The molecule has 0 saturated heterocycles. The molecule has 0 radical (unpaired) electrons. The van der Waals surface area contributed by atoms with Gasteiger partial charge in [-0.2, -0.15) is 0 Å². The third kappa shape index (κ3) is 3.50. The van der Waals surface area contributed by atoms with Crippen LogP contribution in [0, 0.1) is 0 Å². The number of benzene rings is 6. The molecule has 0 N–H and O–H groups in total. The molecule has 3 nitrogen and oxygen atoms in total. The van der Waals surface area contributed by atoms with Gasteiger partial charge in [-0.3, -0.25) is 0 Å². The van der Waals surface area contributed by atoms with E-state index in [2.05, 4.69) is 152 Å². The molecule has 1 aliphatic carbocycles. The van der Waals surface area contributed by atoms with Crippen LogP contribution in [0.3, 0.4) is 0 Å². The van der Waals surface area contributed by atoms with E-state index < -0.39 is 0 Å². The summed E-state index contributed by atoms with van der Waals surface area (Å²) in [6, 6.07) is 49.7. The fraction of sp³-hybridized carbons (Fsp3) is 0.0732. The fourth-order valence-electron chi connectivity index (χ4n) is 7.36. The molecule has 0 atom stereocenters. The van der Waals surface area contributed by atoms with Crippen molar-refractivity contribution < 1.29 is 0 Å².